The quantitative estimate of drug-likeness (QED) is 0.772. The highest BCUT2D eigenvalue weighted by Gasteiger charge is 2.35. The Hall–Kier alpha value is -0.640. The zero-order valence-electron chi connectivity index (χ0n) is 12.0. The smallest absolute Gasteiger partial charge is 0.230 e. The molecule has 1 aliphatic rings. The van der Waals surface area contributed by atoms with Crippen LogP contribution < -0.4 is 11.1 Å². The summed E-state index contributed by atoms with van der Waals surface area (Å²) in [6.07, 6.45) is 4.66. The standard InChI is InChI=1S/C14H26N2OS/c1-9(2)11(12(15)18)13(17)16-10-7-5-6-8-14(10,3)4/h9-11H,5-8H2,1-4H3,(H2,15,18)(H,16,17). The summed E-state index contributed by atoms with van der Waals surface area (Å²) in [5.74, 6) is -0.204. The van der Waals surface area contributed by atoms with Crippen LogP contribution in [0.5, 0.6) is 0 Å². The molecular formula is C14H26N2OS. The molecule has 2 unspecified atom stereocenters. The third-order valence-corrected chi connectivity index (χ3v) is 4.33. The number of carbonyl (C=O) groups is 1. The minimum absolute atomic E-state index is 0.00234. The first-order valence-corrected chi connectivity index (χ1v) is 7.26. The molecule has 1 fully saturated rings. The average molecular weight is 270 g/mol. The van der Waals surface area contributed by atoms with Crippen molar-refractivity contribution < 1.29 is 4.79 Å². The maximum atomic E-state index is 12.3. The Bertz CT molecular complexity index is 326. The third kappa shape index (κ3) is 3.67. The first-order chi connectivity index (χ1) is 8.25. The van der Waals surface area contributed by atoms with E-state index in [1.54, 1.807) is 0 Å². The van der Waals surface area contributed by atoms with Crippen LogP contribution in [0, 0.1) is 17.3 Å². The van der Waals surface area contributed by atoms with Gasteiger partial charge in [0.1, 0.15) is 0 Å². The van der Waals surface area contributed by atoms with Crippen LogP contribution in [0.2, 0.25) is 0 Å². The van der Waals surface area contributed by atoms with E-state index in [2.05, 4.69) is 19.2 Å². The maximum absolute atomic E-state index is 12.3. The minimum atomic E-state index is -0.349. The van der Waals surface area contributed by atoms with Crippen molar-refractivity contribution >= 4 is 23.1 Å². The summed E-state index contributed by atoms with van der Waals surface area (Å²) in [7, 11) is 0. The summed E-state index contributed by atoms with van der Waals surface area (Å²) in [5.41, 5.74) is 5.85. The molecule has 1 saturated carbocycles. The molecule has 3 nitrogen and oxygen atoms in total. The molecule has 1 aliphatic carbocycles. The Morgan fingerprint density at radius 3 is 2.44 bits per heavy atom. The van der Waals surface area contributed by atoms with Crippen LogP contribution in [0.1, 0.15) is 53.4 Å². The topological polar surface area (TPSA) is 55.1 Å². The van der Waals surface area contributed by atoms with Crippen molar-refractivity contribution in [3.05, 3.63) is 0 Å². The average Bonchev–Trinajstić information content (AvgIpc) is 2.19. The van der Waals surface area contributed by atoms with Gasteiger partial charge in [-0.2, -0.15) is 0 Å². The van der Waals surface area contributed by atoms with Gasteiger partial charge in [0, 0.05) is 6.04 Å². The lowest BCUT2D eigenvalue weighted by molar-refractivity contribution is -0.125. The van der Waals surface area contributed by atoms with E-state index in [4.69, 9.17) is 18.0 Å². The van der Waals surface area contributed by atoms with Crippen molar-refractivity contribution in [2.24, 2.45) is 23.0 Å². The molecule has 0 aromatic rings. The molecule has 4 heteroatoms. The minimum Gasteiger partial charge on any atom is -0.393 e. The number of nitrogens with one attached hydrogen (secondary N) is 1. The van der Waals surface area contributed by atoms with E-state index >= 15 is 0 Å². The third-order valence-electron chi connectivity index (χ3n) is 4.08. The van der Waals surface area contributed by atoms with E-state index in [9.17, 15) is 4.79 Å². The molecule has 1 amide bonds. The summed E-state index contributed by atoms with van der Waals surface area (Å²) < 4.78 is 0. The highest BCUT2D eigenvalue weighted by atomic mass is 32.1. The van der Waals surface area contributed by atoms with Gasteiger partial charge in [0.05, 0.1) is 10.9 Å². The number of carbonyl (C=O) groups excluding carboxylic acids is 1. The molecule has 0 saturated heterocycles. The number of thiocarbonyl (C=S) groups is 1. The molecule has 1 rings (SSSR count). The van der Waals surface area contributed by atoms with Gasteiger partial charge in [-0.05, 0) is 24.2 Å². The highest BCUT2D eigenvalue weighted by Crippen LogP contribution is 2.35. The van der Waals surface area contributed by atoms with Crippen LogP contribution in [0.25, 0.3) is 0 Å². The Labute approximate surface area is 116 Å². The molecule has 0 radical (unpaired) electrons. The SMILES string of the molecule is CC(C)C(C(=O)NC1CCCCC1(C)C)C(N)=S. The van der Waals surface area contributed by atoms with Crippen molar-refractivity contribution in [2.45, 2.75) is 59.4 Å². The zero-order chi connectivity index (χ0) is 13.9. The number of rotatable bonds is 4. The van der Waals surface area contributed by atoms with Crippen molar-refractivity contribution in [3.63, 3.8) is 0 Å². The maximum Gasteiger partial charge on any atom is 0.230 e. The fourth-order valence-electron chi connectivity index (χ4n) is 2.78. The summed E-state index contributed by atoms with van der Waals surface area (Å²) in [6.45, 7) is 8.41. The second-order valence-electron chi connectivity index (χ2n) is 6.42. The highest BCUT2D eigenvalue weighted by molar-refractivity contribution is 7.80. The lowest BCUT2D eigenvalue weighted by Gasteiger charge is -2.39. The zero-order valence-corrected chi connectivity index (χ0v) is 12.8. The fourth-order valence-corrected chi connectivity index (χ4v) is 3.16. The predicted octanol–water partition coefficient (Wildman–Crippen LogP) is 2.63. The molecule has 0 heterocycles. The molecule has 18 heavy (non-hydrogen) atoms. The lowest BCUT2D eigenvalue weighted by atomic mass is 9.73. The van der Waals surface area contributed by atoms with Crippen molar-refractivity contribution in [3.8, 4) is 0 Å². The molecule has 0 bridgehead atoms. The van der Waals surface area contributed by atoms with E-state index in [0.717, 1.165) is 12.8 Å². The molecule has 104 valence electrons. The molecule has 2 atom stereocenters. The van der Waals surface area contributed by atoms with E-state index in [1.807, 2.05) is 13.8 Å². The van der Waals surface area contributed by atoms with Crippen LogP contribution >= 0.6 is 12.2 Å². The van der Waals surface area contributed by atoms with Gasteiger partial charge in [0.15, 0.2) is 0 Å². The normalized spacial score (nSPS) is 24.6. The number of nitrogens with two attached hydrogens (primary N) is 1. The fraction of sp³-hybridized carbons (Fsp3) is 0.857. The Balaban J connectivity index is 2.70. The number of amides is 1. The van der Waals surface area contributed by atoms with Gasteiger partial charge in [-0.3, -0.25) is 4.79 Å². The van der Waals surface area contributed by atoms with Gasteiger partial charge < -0.3 is 11.1 Å². The van der Waals surface area contributed by atoms with E-state index in [1.165, 1.54) is 12.8 Å². The van der Waals surface area contributed by atoms with Gasteiger partial charge in [-0.15, -0.1) is 0 Å². The summed E-state index contributed by atoms with van der Waals surface area (Å²) in [5, 5.41) is 3.17. The van der Waals surface area contributed by atoms with Gasteiger partial charge in [0.25, 0.3) is 0 Å². The van der Waals surface area contributed by atoms with Crippen LogP contribution in [0.4, 0.5) is 0 Å². The van der Waals surface area contributed by atoms with E-state index < -0.39 is 0 Å². The molecule has 0 aromatic carbocycles. The van der Waals surface area contributed by atoms with E-state index in [-0.39, 0.29) is 29.2 Å². The second kappa shape index (κ2) is 6.00. The van der Waals surface area contributed by atoms with Crippen LogP contribution in [0.15, 0.2) is 0 Å². The predicted molar refractivity (Wildman–Crippen MR) is 79.3 cm³/mol. The van der Waals surface area contributed by atoms with Gasteiger partial charge in [-0.1, -0.05) is 52.8 Å². The Morgan fingerprint density at radius 2 is 2.00 bits per heavy atom. The largest absolute Gasteiger partial charge is 0.393 e. The van der Waals surface area contributed by atoms with Crippen molar-refractivity contribution in [2.75, 3.05) is 0 Å². The number of hydrogen-bond acceptors (Lipinski definition) is 2. The van der Waals surface area contributed by atoms with Crippen LogP contribution in [-0.4, -0.2) is 16.9 Å². The van der Waals surface area contributed by atoms with Crippen molar-refractivity contribution in [1.82, 2.24) is 5.32 Å². The van der Waals surface area contributed by atoms with Crippen LogP contribution in [-0.2, 0) is 4.79 Å². The lowest BCUT2D eigenvalue weighted by Crippen LogP contribution is -2.51. The van der Waals surface area contributed by atoms with Gasteiger partial charge in [0.2, 0.25) is 5.91 Å². The monoisotopic (exact) mass is 270 g/mol. The Morgan fingerprint density at radius 1 is 1.39 bits per heavy atom. The van der Waals surface area contributed by atoms with Gasteiger partial charge >= 0.3 is 0 Å². The summed E-state index contributed by atoms with van der Waals surface area (Å²) in [4.78, 5) is 12.6. The summed E-state index contributed by atoms with van der Waals surface area (Å²) >= 11 is 5.01. The van der Waals surface area contributed by atoms with Crippen molar-refractivity contribution in [1.29, 1.82) is 0 Å². The molecule has 3 N–H and O–H groups in total. The Kier molecular flexibility index (Phi) is 5.14. The molecule has 0 spiro atoms. The first-order valence-electron chi connectivity index (χ1n) is 6.85. The molecule has 0 aliphatic heterocycles. The van der Waals surface area contributed by atoms with Gasteiger partial charge in [-0.25, -0.2) is 0 Å². The van der Waals surface area contributed by atoms with Crippen LogP contribution in [0.3, 0.4) is 0 Å². The second-order valence-corrected chi connectivity index (χ2v) is 6.89. The first kappa shape index (κ1) is 15.4. The van der Waals surface area contributed by atoms with E-state index in [0.29, 0.717) is 4.99 Å². The summed E-state index contributed by atoms with van der Waals surface area (Å²) in [6, 6.07) is 0.245. The number of hydrogen-bond donors (Lipinski definition) is 2. The molecular weight excluding hydrogens is 244 g/mol. The molecule has 0 aromatic heterocycles.